The van der Waals surface area contributed by atoms with Crippen LogP contribution in [0.25, 0.3) is 0 Å². The van der Waals surface area contributed by atoms with Crippen LogP contribution in [0.4, 0.5) is 0 Å². The normalized spacial score (nSPS) is 14.1. The van der Waals surface area contributed by atoms with Crippen LogP contribution in [0, 0.1) is 13.8 Å². The van der Waals surface area contributed by atoms with Crippen LogP contribution in [0.5, 0.6) is 17.2 Å². The van der Waals surface area contributed by atoms with Crippen molar-refractivity contribution in [2.45, 2.75) is 33.4 Å². The predicted octanol–water partition coefficient (Wildman–Crippen LogP) is 3.28. The number of nitrogens with zero attached hydrogens (tertiary/aromatic N) is 2. The van der Waals surface area contributed by atoms with Crippen molar-refractivity contribution < 1.29 is 14.2 Å². The quantitative estimate of drug-likeness (QED) is 0.834. The third-order valence-electron chi connectivity index (χ3n) is 4.92. The standard InChI is InChI=1S/C20H26N2O3/c1-13-10-21-17(14(2)20(13)25-5)12-22-7-6-15-8-18(23-3)19(24-4)9-16(15)11-22/h8-10H,6-7,11-12H2,1-5H3. The zero-order valence-corrected chi connectivity index (χ0v) is 15.7. The number of hydrogen-bond donors (Lipinski definition) is 0. The summed E-state index contributed by atoms with van der Waals surface area (Å²) in [6, 6.07) is 4.19. The second-order valence-corrected chi connectivity index (χ2v) is 6.48. The van der Waals surface area contributed by atoms with Gasteiger partial charge in [-0.1, -0.05) is 0 Å². The third-order valence-corrected chi connectivity index (χ3v) is 4.92. The summed E-state index contributed by atoms with van der Waals surface area (Å²) in [5.74, 6) is 2.53. The van der Waals surface area contributed by atoms with Gasteiger partial charge in [0.1, 0.15) is 5.75 Å². The highest BCUT2D eigenvalue weighted by atomic mass is 16.5. The van der Waals surface area contributed by atoms with Crippen LogP contribution in [-0.4, -0.2) is 37.8 Å². The van der Waals surface area contributed by atoms with Gasteiger partial charge in [-0.3, -0.25) is 9.88 Å². The van der Waals surface area contributed by atoms with Crippen LogP contribution in [0.1, 0.15) is 27.9 Å². The summed E-state index contributed by atoms with van der Waals surface area (Å²) < 4.78 is 16.4. The van der Waals surface area contributed by atoms with Crippen molar-refractivity contribution in [1.29, 1.82) is 0 Å². The number of hydrogen-bond acceptors (Lipinski definition) is 5. The van der Waals surface area contributed by atoms with Crippen LogP contribution in [-0.2, 0) is 19.5 Å². The summed E-state index contributed by atoms with van der Waals surface area (Å²) >= 11 is 0. The second kappa shape index (κ2) is 7.31. The molecule has 1 aliphatic rings. The van der Waals surface area contributed by atoms with Crippen molar-refractivity contribution in [3.63, 3.8) is 0 Å². The first-order chi connectivity index (χ1) is 12.1. The fraction of sp³-hybridized carbons (Fsp3) is 0.450. The molecule has 0 amide bonds. The van der Waals surface area contributed by atoms with Crippen molar-refractivity contribution in [2.75, 3.05) is 27.9 Å². The molecule has 5 heteroatoms. The number of fused-ring (bicyclic) bond motifs is 1. The van der Waals surface area contributed by atoms with Gasteiger partial charge in [-0.05, 0) is 43.5 Å². The van der Waals surface area contributed by atoms with Crippen LogP contribution in [0.15, 0.2) is 18.3 Å². The Morgan fingerprint density at radius 1 is 1.00 bits per heavy atom. The lowest BCUT2D eigenvalue weighted by atomic mass is 9.98. The number of aromatic nitrogens is 1. The molecule has 25 heavy (non-hydrogen) atoms. The fourth-order valence-electron chi connectivity index (χ4n) is 3.52. The van der Waals surface area contributed by atoms with Crippen molar-refractivity contribution >= 4 is 0 Å². The molecule has 1 aliphatic heterocycles. The highest BCUT2D eigenvalue weighted by molar-refractivity contribution is 5.48. The summed E-state index contributed by atoms with van der Waals surface area (Å²) in [4.78, 5) is 7.05. The number of rotatable bonds is 5. The molecule has 2 heterocycles. The molecule has 5 nitrogen and oxygen atoms in total. The molecule has 1 aromatic carbocycles. The first-order valence-electron chi connectivity index (χ1n) is 8.52. The van der Waals surface area contributed by atoms with E-state index >= 15 is 0 Å². The van der Waals surface area contributed by atoms with Gasteiger partial charge in [0.2, 0.25) is 0 Å². The Labute approximate surface area is 149 Å². The van der Waals surface area contributed by atoms with Crippen LogP contribution >= 0.6 is 0 Å². The number of pyridine rings is 1. The van der Waals surface area contributed by atoms with Gasteiger partial charge in [0, 0.05) is 37.0 Å². The van der Waals surface area contributed by atoms with Gasteiger partial charge in [-0.15, -0.1) is 0 Å². The van der Waals surface area contributed by atoms with E-state index in [-0.39, 0.29) is 0 Å². The molecule has 0 saturated heterocycles. The van der Waals surface area contributed by atoms with Gasteiger partial charge in [0.15, 0.2) is 11.5 Å². The summed E-state index contributed by atoms with van der Waals surface area (Å²) in [7, 11) is 5.07. The molecule has 0 spiro atoms. The minimum Gasteiger partial charge on any atom is -0.496 e. The molecule has 0 aliphatic carbocycles. The summed E-state index contributed by atoms with van der Waals surface area (Å²) in [6.07, 6.45) is 2.89. The maximum absolute atomic E-state index is 5.53. The molecule has 1 aromatic heterocycles. The molecular formula is C20H26N2O3. The van der Waals surface area contributed by atoms with E-state index in [0.29, 0.717) is 0 Å². The fourth-order valence-corrected chi connectivity index (χ4v) is 3.52. The van der Waals surface area contributed by atoms with Crippen molar-refractivity contribution in [2.24, 2.45) is 0 Å². The van der Waals surface area contributed by atoms with Gasteiger partial charge in [-0.2, -0.15) is 0 Å². The van der Waals surface area contributed by atoms with E-state index in [4.69, 9.17) is 14.2 Å². The zero-order chi connectivity index (χ0) is 18.0. The molecule has 3 rings (SSSR count). The summed E-state index contributed by atoms with van der Waals surface area (Å²) in [5, 5.41) is 0. The first-order valence-corrected chi connectivity index (χ1v) is 8.52. The van der Waals surface area contributed by atoms with E-state index in [2.05, 4.69) is 28.9 Å². The van der Waals surface area contributed by atoms with Crippen molar-refractivity contribution in [3.05, 3.63) is 46.3 Å². The van der Waals surface area contributed by atoms with Gasteiger partial charge < -0.3 is 14.2 Å². The number of aryl methyl sites for hydroxylation is 1. The summed E-state index contributed by atoms with van der Waals surface area (Å²) in [5.41, 5.74) is 5.90. The second-order valence-electron chi connectivity index (χ2n) is 6.48. The smallest absolute Gasteiger partial charge is 0.161 e. The minimum atomic E-state index is 0.786. The lowest BCUT2D eigenvalue weighted by Crippen LogP contribution is -2.30. The van der Waals surface area contributed by atoms with Crippen molar-refractivity contribution in [1.82, 2.24) is 9.88 Å². The van der Waals surface area contributed by atoms with Crippen LogP contribution in [0.3, 0.4) is 0 Å². The molecule has 134 valence electrons. The average Bonchev–Trinajstić information content (AvgIpc) is 2.63. The minimum absolute atomic E-state index is 0.786. The molecule has 0 atom stereocenters. The Bertz CT molecular complexity index is 774. The lowest BCUT2D eigenvalue weighted by molar-refractivity contribution is 0.240. The Morgan fingerprint density at radius 2 is 1.68 bits per heavy atom. The highest BCUT2D eigenvalue weighted by Gasteiger charge is 2.21. The largest absolute Gasteiger partial charge is 0.496 e. The highest BCUT2D eigenvalue weighted by Crippen LogP contribution is 2.34. The average molecular weight is 342 g/mol. The van der Waals surface area contributed by atoms with Gasteiger partial charge in [-0.25, -0.2) is 0 Å². The maximum atomic E-state index is 5.53. The van der Waals surface area contributed by atoms with E-state index in [9.17, 15) is 0 Å². The van der Waals surface area contributed by atoms with E-state index in [1.807, 2.05) is 13.1 Å². The third kappa shape index (κ3) is 3.42. The van der Waals surface area contributed by atoms with Crippen molar-refractivity contribution in [3.8, 4) is 17.2 Å². The molecule has 0 saturated carbocycles. The zero-order valence-electron chi connectivity index (χ0n) is 15.7. The first kappa shape index (κ1) is 17.5. The molecule has 0 fully saturated rings. The number of benzene rings is 1. The molecule has 0 bridgehead atoms. The molecule has 0 radical (unpaired) electrons. The lowest BCUT2D eigenvalue weighted by Gasteiger charge is -2.29. The number of methoxy groups -OCH3 is 3. The number of ether oxygens (including phenoxy) is 3. The molecule has 0 N–H and O–H groups in total. The Hall–Kier alpha value is -2.27. The van der Waals surface area contributed by atoms with E-state index in [1.54, 1.807) is 21.3 Å². The van der Waals surface area contributed by atoms with Gasteiger partial charge in [0.25, 0.3) is 0 Å². The van der Waals surface area contributed by atoms with E-state index in [0.717, 1.165) is 60.1 Å². The monoisotopic (exact) mass is 342 g/mol. The topological polar surface area (TPSA) is 43.8 Å². The Morgan fingerprint density at radius 3 is 2.32 bits per heavy atom. The Kier molecular flexibility index (Phi) is 5.13. The van der Waals surface area contributed by atoms with E-state index < -0.39 is 0 Å². The Balaban J connectivity index is 1.82. The molecule has 0 unspecified atom stereocenters. The van der Waals surface area contributed by atoms with Gasteiger partial charge in [0.05, 0.1) is 27.0 Å². The van der Waals surface area contributed by atoms with E-state index in [1.165, 1.54) is 11.1 Å². The molecule has 2 aromatic rings. The van der Waals surface area contributed by atoms with Gasteiger partial charge >= 0.3 is 0 Å². The van der Waals surface area contributed by atoms with Crippen LogP contribution < -0.4 is 14.2 Å². The maximum Gasteiger partial charge on any atom is 0.161 e. The predicted molar refractivity (Wildman–Crippen MR) is 97.6 cm³/mol. The van der Waals surface area contributed by atoms with Crippen LogP contribution in [0.2, 0.25) is 0 Å². The molecular weight excluding hydrogens is 316 g/mol. The summed E-state index contributed by atoms with van der Waals surface area (Å²) in [6.45, 7) is 6.81. The SMILES string of the molecule is COc1cc2c(cc1OC)CN(Cc1ncc(C)c(OC)c1C)CC2.